The topological polar surface area (TPSA) is 86.7 Å². The first-order chi connectivity index (χ1) is 11.7. The van der Waals surface area contributed by atoms with Crippen LogP contribution in [0.15, 0.2) is 53.4 Å². The van der Waals surface area contributed by atoms with Gasteiger partial charge in [0, 0.05) is 30.8 Å². The first-order valence-corrected chi connectivity index (χ1v) is 9.30. The lowest BCUT2D eigenvalue weighted by atomic mass is 10.2. The minimum absolute atomic E-state index is 0.0684. The maximum Gasteiger partial charge on any atom is 0.251 e. The van der Waals surface area contributed by atoms with Crippen molar-refractivity contribution in [2.45, 2.75) is 31.3 Å². The van der Waals surface area contributed by atoms with E-state index in [1.165, 1.54) is 35.6 Å². The van der Waals surface area contributed by atoms with Crippen molar-refractivity contribution in [3.63, 3.8) is 0 Å². The molecular formula is C18H22N2O4S. The van der Waals surface area contributed by atoms with E-state index in [9.17, 15) is 18.3 Å². The molecule has 0 fully saturated rings. The van der Waals surface area contributed by atoms with Crippen LogP contribution in [-0.2, 0) is 16.6 Å². The second-order valence-corrected chi connectivity index (χ2v) is 7.95. The van der Waals surface area contributed by atoms with E-state index >= 15 is 0 Å². The highest BCUT2D eigenvalue weighted by atomic mass is 32.2. The molecule has 0 aliphatic heterocycles. The SMILES string of the molecule is CC(C)N(C)S(=O)(=O)c1cccc(C(=O)NCc2ccccc2O)c1. The molecule has 0 aromatic heterocycles. The minimum Gasteiger partial charge on any atom is -0.508 e. The number of para-hydroxylation sites is 1. The van der Waals surface area contributed by atoms with Crippen molar-refractivity contribution in [1.82, 2.24) is 9.62 Å². The van der Waals surface area contributed by atoms with Crippen LogP contribution in [0.25, 0.3) is 0 Å². The number of nitrogens with zero attached hydrogens (tertiary/aromatic N) is 1. The van der Waals surface area contributed by atoms with Crippen molar-refractivity contribution in [2.24, 2.45) is 0 Å². The molecule has 0 radical (unpaired) electrons. The van der Waals surface area contributed by atoms with Gasteiger partial charge in [-0.3, -0.25) is 4.79 Å². The Balaban J connectivity index is 2.18. The Morgan fingerprint density at radius 1 is 1.16 bits per heavy atom. The second kappa shape index (κ2) is 7.67. The zero-order chi connectivity index (χ0) is 18.6. The van der Waals surface area contributed by atoms with Gasteiger partial charge in [-0.1, -0.05) is 24.3 Å². The molecule has 0 bridgehead atoms. The molecule has 0 spiro atoms. The van der Waals surface area contributed by atoms with Gasteiger partial charge in [0.05, 0.1) is 4.90 Å². The lowest BCUT2D eigenvalue weighted by molar-refractivity contribution is 0.0950. The first kappa shape index (κ1) is 19.0. The molecule has 7 heteroatoms. The fourth-order valence-electron chi connectivity index (χ4n) is 2.18. The Kier molecular flexibility index (Phi) is 5.81. The van der Waals surface area contributed by atoms with Crippen molar-refractivity contribution in [3.05, 3.63) is 59.7 Å². The van der Waals surface area contributed by atoms with Gasteiger partial charge in [-0.15, -0.1) is 0 Å². The average molecular weight is 362 g/mol. The predicted molar refractivity (Wildman–Crippen MR) is 95.8 cm³/mol. The number of rotatable bonds is 6. The van der Waals surface area contributed by atoms with E-state index in [1.807, 2.05) is 0 Å². The summed E-state index contributed by atoms with van der Waals surface area (Å²) in [6.45, 7) is 3.70. The number of aromatic hydroxyl groups is 1. The summed E-state index contributed by atoms with van der Waals surface area (Å²) in [4.78, 5) is 12.4. The number of sulfonamides is 1. The van der Waals surface area contributed by atoms with Crippen molar-refractivity contribution in [1.29, 1.82) is 0 Å². The summed E-state index contributed by atoms with van der Waals surface area (Å²) in [5.74, 6) is -0.315. The average Bonchev–Trinajstić information content (AvgIpc) is 2.60. The number of nitrogens with one attached hydrogen (secondary N) is 1. The van der Waals surface area contributed by atoms with Gasteiger partial charge >= 0.3 is 0 Å². The highest BCUT2D eigenvalue weighted by molar-refractivity contribution is 7.89. The Labute approximate surface area is 148 Å². The minimum atomic E-state index is -3.65. The highest BCUT2D eigenvalue weighted by Gasteiger charge is 2.23. The van der Waals surface area contributed by atoms with Crippen LogP contribution in [-0.4, -0.2) is 36.8 Å². The number of hydrogen-bond donors (Lipinski definition) is 2. The fraction of sp³-hybridized carbons (Fsp3) is 0.278. The Bertz CT molecular complexity index is 863. The molecule has 0 heterocycles. The first-order valence-electron chi connectivity index (χ1n) is 7.86. The number of benzene rings is 2. The van der Waals surface area contributed by atoms with Gasteiger partial charge in [0.25, 0.3) is 5.91 Å². The van der Waals surface area contributed by atoms with E-state index < -0.39 is 15.9 Å². The highest BCUT2D eigenvalue weighted by Crippen LogP contribution is 2.18. The summed E-state index contributed by atoms with van der Waals surface area (Å²) < 4.78 is 26.3. The molecule has 0 atom stereocenters. The fourth-order valence-corrected chi connectivity index (χ4v) is 3.59. The normalized spacial score (nSPS) is 11.7. The van der Waals surface area contributed by atoms with Crippen molar-refractivity contribution in [3.8, 4) is 5.75 Å². The molecule has 0 unspecified atom stereocenters. The van der Waals surface area contributed by atoms with Crippen molar-refractivity contribution in [2.75, 3.05) is 7.05 Å². The maximum atomic E-state index is 12.5. The van der Waals surface area contributed by atoms with E-state index in [0.717, 1.165) is 0 Å². The molecule has 0 aliphatic rings. The van der Waals surface area contributed by atoms with Crippen LogP contribution in [0.2, 0.25) is 0 Å². The van der Waals surface area contributed by atoms with Crippen LogP contribution in [0.1, 0.15) is 29.8 Å². The summed E-state index contributed by atoms with van der Waals surface area (Å²) in [6, 6.07) is 12.4. The summed E-state index contributed by atoms with van der Waals surface area (Å²) in [6.07, 6.45) is 0. The molecule has 2 N–H and O–H groups in total. The zero-order valence-corrected chi connectivity index (χ0v) is 15.2. The third kappa shape index (κ3) is 4.37. The van der Waals surface area contributed by atoms with E-state index in [2.05, 4.69) is 5.32 Å². The molecule has 134 valence electrons. The third-order valence-electron chi connectivity index (χ3n) is 3.93. The van der Waals surface area contributed by atoms with E-state index in [1.54, 1.807) is 38.1 Å². The maximum absolute atomic E-state index is 12.5. The van der Waals surface area contributed by atoms with E-state index in [-0.39, 0.29) is 28.8 Å². The van der Waals surface area contributed by atoms with E-state index in [4.69, 9.17) is 0 Å². The number of phenols is 1. The largest absolute Gasteiger partial charge is 0.508 e. The molecule has 0 aliphatic carbocycles. The van der Waals surface area contributed by atoms with Crippen LogP contribution in [0.4, 0.5) is 0 Å². The quantitative estimate of drug-likeness (QED) is 0.826. The van der Waals surface area contributed by atoms with E-state index in [0.29, 0.717) is 5.56 Å². The van der Waals surface area contributed by atoms with Crippen LogP contribution < -0.4 is 5.32 Å². The van der Waals surface area contributed by atoms with Gasteiger partial charge in [0.15, 0.2) is 0 Å². The van der Waals surface area contributed by atoms with Gasteiger partial charge in [-0.25, -0.2) is 8.42 Å². The van der Waals surface area contributed by atoms with Gasteiger partial charge in [-0.2, -0.15) is 4.31 Å². The zero-order valence-electron chi connectivity index (χ0n) is 14.4. The third-order valence-corrected chi connectivity index (χ3v) is 5.96. The molecule has 2 aromatic carbocycles. The lowest BCUT2D eigenvalue weighted by Gasteiger charge is -2.21. The summed E-state index contributed by atoms with van der Waals surface area (Å²) in [5, 5.41) is 12.4. The van der Waals surface area contributed by atoms with Crippen molar-refractivity contribution < 1.29 is 18.3 Å². The van der Waals surface area contributed by atoms with Crippen LogP contribution >= 0.6 is 0 Å². The molecule has 2 rings (SSSR count). The molecule has 0 saturated heterocycles. The molecule has 25 heavy (non-hydrogen) atoms. The molecule has 6 nitrogen and oxygen atoms in total. The monoisotopic (exact) mass is 362 g/mol. The Morgan fingerprint density at radius 3 is 2.48 bits per heavy atom. The predicted octanol–water partition coefficient (Wildman–Crippen LogP) is 2.35. The van der Waals surface area contributed by atoms with Crippen LogP contribution in [0, 0.1) is 0 Å². The number of carbonyl (C=O) groups is 1. The summed E-state index contributed by atoms with van der Waals surface area (Å²) >= 11 is 0. The second-order valence-electron chi connectivity index (χ2n) is 5.95. The number of amides is 1. The number of phenolic OH excluding ortho intramolecular Hbond substituents is 1. The Morgan fingerprint density at radius 2 is 1.84 bits per heavy atom. The van der Waals surface area contributed by atoms with Gasteiger partial charge < -0.3 is 10.4 Å². The standard InChI is InChI=1S/C18H22N2O4S/c1-13(2)20(3)25(23,24)16-9-6-8-14(11-16)18(22)19-12-15-7-4-5-10-17(15)21/h4-11,13,21H,12H2,1-3H3,(H,19,22). The molecule has 1 amide bonds. The van der Waals surface area contributed by atoms with Gasteiger partial charge in [-0.05, 0) is 38.1 Å². The number of carbonyl (C=O) groups excluding carboxylic acids is 1. The van der Waals surface area contributed by atoms with Crippen molar-refractivity contribution >= 4 is 15.9 Å². The Hall–Kier alpha value is -2.38. The lowest BCUT2D eigenvalue weighted by Crippen LogP contribution is -2.33. The summed E-state index contributed by atoms with van der Waals surface area (Å²) in [5.41, 5.74) is 0.827. The van der Waals surface area contributed by atoms with Crippen LogP contribution in [0.3, 0.4) is 0 Å². The smallest absolute Gasteiger partial charge is 0.251 e. The summed E-state index contributed by atoms with van der Waals surface area (Å²) in [7, 11) is -2.15. The van der Waals surface area contributed by atoms with Gasteiger partial charge in [0.2, 0.25) is 10.0 Å². The molecule has 0 saturated carbocycles. The molecule has 2 aromatic rings. The van der Waals surface area contributed by atoms with Crippen LogP contribution in [0.5, 0.6) is 5.75 Å². The van der Waals surface area contributed by atoms with Gasteiger partial charge in [0.1, 0.15) is 5.75 Å². The molecular weight excluding hydrogens is 340 g/mol. The number of hydrogen-bond acceptors (Lipinski definition) is 4.